The molecule has 2 heterocycles. The van der Waals surface area contributed by atoms with E-state index in [9.17, 15) is 4.79 Å². The van der Waals surface area contributed by atoms with Gasteiger partial charge in [0.15, 0.2) is 0 Å². The van der Waals surface area contributed by atoms with Crippen molar-refractivity contribution in [3.05, 3.63) is 77.3 Å². The van der Waals surface area contributed by atoms with E-state index in [2.05, 4.69) is 26.8 Å². The second-order valence-electron chi connectivity index (χ2n) is 6.39. The van der Waals surface area contributed by atoms with Crippen LogP contribution in [-0.2, 0) is 4.79 Å². The number of aryl methyl sites for hydroxylation is 1. The summed E-state index contributed by atoms with van der Waals surface area (Å²) >= 11 is 0. The van der Waals surface area contributed by atoms with Crippen LogP contribution in [0.4, 0.5) is 5.82 Å². The molecule has 0 radical (unpaired) electrons. The molecule has 0 spiro atoms. The van der Waals surface area contributed by atoms with Gasteiger partial charge in [-0.2, -0.15) is 10.4 Å². The molecule has 0 bridgehead atoms. The maximum Gasteiger partial charge on any atom is 0.244 e. The van der Waals surface area contributed by atoms with Crippen molar-refractivity contribution in [2.75, 3.05) is 18.4 Å². The van der Waals surface area contributed by atoms with Gasteiger partial charge in [0.05, 0.1) is 16.9 Å². The first-order chi connectivity index (χ1) is 14.1. The Labute approximate surface area is 169 Å². The predicted octanol–water partition coefficient (Wildman–Crippen LogP) is 3.00. The zero-order chi connectivity index (χ0) is 20.6. The van der Waals surface area contributed by atoms with Crippen LogP contribution in [0.5, 0.6) is 0 Å². The third-order valence-electron chi connectivity index (χ3n) is 4.39. The van der Waals surface area contributed by atoms with Crippen LogP contribution in [0.1, 0.15) is 22.5 Å². The lowest BCUT2D eigenvalue weighted by Crippen LogP contribution is -2.27. The molecule has 0 aliphatic carbocycles. The molecule has 0 aliphatic rings. The second kappa shape index (κ2) is 9.33. The summed E-state index contributed by atoms with van der Waals surface area (Å²) in [7, 11) is 0. The molecule has 3 rings (SSSR count). The lowest BCUT2D eigenvalue weighted by atomic mass is 10.2. The van der Waals surface area contributed by atoms with Gasteiger partial charge in [-0.05, 0) is 44.2 Å². The number of nitriles is 1. The number of rotatable bonds is 7. The number of aromatic nitrogens is 3. The van der Waals surface area contributed by atoms with Gasteiger partial charge in [0.2, 0.25) is 5.91 Å². The van der Waals surface area contributed by atoms with E-state index in [1.165, 1.54) is 6.08 Å². The molecule has 0 saturated carbocycles. The van der Waals surface area contributed by atoms with Crippen molar-refractivity contribution in [2.24, 2.45) is 0 Å². The highest BCUT2D eigenvalue weighted by molar-refractivity contribution is 5.92. The molecule has 2 aromatic heterocycles. The normalized spacial score (nSPS) is 10.7. The van der Waals surface area contributed by atoms with E-state index < -0.39 is 0 Å². The molecule has 146 valence electrons. The van der Waals surface area contributed by atoms with Crippen LogP contribution in [0.15, 0.2) is 54.7 Å². The van der Waals surface area contributed by atoms with Gasteiger partial charge < -0.3 is 10.6 Å². The van der Waals surface area contributed by atoms with Gasteiger partial charge in [0.1, 0.15) is 11.9 Å². The average Bonchev–Trinajstić information content (AvgIpc) is 3.04. The van der Waals surface area contributed by atoms with Crippen LogP contribution in [0.3, 0.4) is 0 Å². The Kier molecular flexibility index (Phi) is 6.38. The summed E-state index contributed by atoms with van der Waals surface area (Å²) in [5.41, 5.74) is 4.21. The number of amides is 1. The van der Waals surface area contributed by atoms with E-state index in [1.807, 2.05) is 48.9 Å². The number of pyridine rings is 1. The molecule has 0 saturated heterocycles. The molecule has 2 N–H and O–H groups in total. The molecule has 0 atom stereocenters. The fraction of sp³-hybridized carbons (Fsp3) is 0.182. The van der Waals surface area contributed by atoms with Crippen LogP contribution in [0.2, 0.25) is 0 Å². The van der Waals surface area contributed by atoms with Crippen molar-refractivity contribution in [2.45, 2.75) is 13.8 Å². The van der Waals surface area contributed by atoms with Gasteiger partial charge in [-0.3, -0.25) is 4.79 Å². The van der Waals surface area contributed by atoms with Crippen LogP contribution < -0.4 is 10.6 Å². The second-order valence-corrected chi connectivity index (χ2v) is 6.39. The summed E-state index contributed by atoms with van der Waals surface area (Å²) in [6.07, 6.45) is 4.91. The lowest BCUT2D eigenvalue weighted by molar-refractivity contribution is -0.116. The van der Waals surface area contributed by atoms with Crippen LogP contribution in [-0.4, -0.2) is 33.8 Å². The summed E-state index contributed by atoms with van der Waals surface area (Å²) in [4.78, 5) is 16.2. The molecular formula is C22H22N6O. The molecule has 7 nitrogen and oxygen atoms in total. The number of anilines is 1. The van der Waals surface area contributed by atoms with Crippen molar-refractivity contribution < 1.29 is 4.79 Å². The Bertz CT molecular complexity index is 1060. The number of carbonyl (C=O) groups is 1. The molecule has 1 amide bonds. The van der Waals surface area contributed by atoms with Crippen molar-refractivity contribution in [1.82, 2.24) is 20.1 Å². The van der Waals surface area contributed by atoms with Gasteiger partial charge in [0, 0.05) is 36.6 Å². The van der Waals surface area contributed by atoms with Gasteiger partial charge in [-0.15, -0.1) is 0 Å². The number of hydrogen-bond donors (Lipinski definition) is 2. The van der Waals surface area contributed by atoms with E-state index in [-0.39, 0.29) is 5.91 Å². The summed E-state index contributed by atoms with van der Waals surface area (Å²) in [5, 5.41) is 19.5. The van der Waals surface area contributed by atoms with Crippen molar-refractivity contribution >= 4 is 17.8 Å². The Balaban J connectivity index is 1.56. The molecule has 29 heavy (non-hydrogen) atoms. The largest absolute Gasteiger partial charge is 0.367 e. The summed E-state index contributed by atoms with van der Waals surface area (Å²) in [5.74, 6) is 0.318. The number of benzene rings is 1. The third kappa shape index (κ3) is 4.87. The van der Waals surface area contributed by atoms with E-state index in [0.717, 1.165) is 22.6 Å². The standard InChI is InChI=1S/C22H22N6O/c1-16-20(17(2)28(27-16)19-8-4-3-5-9-19)10-11-21(29)24-13-14-26-22-18(15-23)7-6-12-25-22/h3-12H,13-14H2,1-2H3,(H,24,29)(H,25,26)/b11-10+. The first-order valence-electron chi connectivity index (χ1n) is 9.26. The molecule has 1 aromatic carbocycles. The zero-order valence-electron chi connectivity index (χ0n) is 16.4. The fourth-order valence-electron chi connectivity index (χ4n) is 2.94. The Morgan fingerprint density at radius 2 is 1.97 bits per heavy atom. The van der Waals surface area contributed by atoms with Gasteiger partial charge in [0.25, 0.3) is 0 Å². The van der Waals surface area contributed by atoms with E-state index >= 15 is 0 Å². The molecule has 7 heteroatoms. The number of nitrogens with zero attached hydrogens (tertiary/aromatic N) is 4. The molecular weight excluding hydrogens is 364 g/mol. The van der Waals surface area contributed by atoms with Gasteiger partial charge >= 0.3 is 0 Å². The number of nitrogens with one attached hydrogen (secondary N) is 2. The highest BCUT2D eigenvalue weighted by Crippen LogP contribution is 2.19. The zero-order valence-corrected chi connectivity index (χ0v) is 16.4. The SMILES string of the molecule is Cc1nn(-c2ccccc2)c(C)c1/C=C/C(=O)NCCNc1ncccc1C#N. The topological polar surface area (TPSA) is 95.6 Å². The summed E-state index contributed by atoms with van der Waals surface area (Å²) < 4.78 is 1.87. The van der Waals surface area contributed by atoms with E-state index in [4.69, 9.17) is 5.26 Å². The maximum atomic E-state index is 12.1. The molecule has 3 aromatic rings. The third-order valence-corrected chi connectivity index (χ3v) is 4.39. The smallest absolute Gasteiger partial charge is 0.244 e. The number of hydrogen-bond acceptors (Lipinski definition) is 5. The monoisotopic (exact) mass is 386 g/mol. The highest BCUT2D eigenvalue weighted by Gasteiger charge is 2.10. The maximum absolute atomic E-state index is 12.1. The Hall–Kier alpha value is -3.92. The van der Waals surface area contributed by atoms with E-state index in [0.29, 0.717) is 24.5 Å². The number of carbonyl (C=O) groups excluding carboxylic acids is 1. The van der Waals surface area contributed by atoms with Crippen molar-refractivity contribution in [3.63, 3.8) is 0 Å². The minimum Gasteiger partial charge on any atom is -0.367 e. The summed E-state index contributed by atoms with van der Waals surface area (Å²) in [6, 6.07) is 15.4. The first-order valence-corrected chi connectivity index (χ1v) is 9.26. The fourth-order valence-corrected chi connectivity index (χ4v) is 2.94. The van der Waals surface area contributed by atoms with Crippen molar-refractivity contribution in [3.8, 4) is 11.8 Å². The van der Waals surface area contributed by atoms with Crippen LogP contribution >= 0.6 is 0 Å². The average molecular weight is 386 g/mol. The predicted molar refractivity (Wildman–Crippen MR) is 113 cm³/mol. The van der Waals surface area contributed by atoms with Crippen LogP contribution in [0.25, 0.3) is 11.8 Å². The molecule has 0 aliphatic heterocycles. The quantitative estimate of drug-likeness (QED) is 0.481. The van der Waals surface area contributed by atoms with Gasteiger partial charge in [-0.1, -0.05) is 18.2 Å². The Morgan fingerprint density at radius 1 is 1.17 bits per heavy atom. The molecule has 0 fully saturated rings. The highest BCUT2D eigenvalue weighted by atomic mass is 16.1. The molecule has 0 unspecified atom stereocenters. The van der Waals surface area contributed by atoms with Crippen molar-refractivity contribution in [1.29, 1.82) is 5.26 Å². The van der Waals surface area contributed by atoms with Gasteiger partial charge in [-0.25, -0.2) is 9.67 Å². The minimum absolute atomic E-state index is 0.195. The van der Waals surface area contributed by atoms with E-state index in [1.54, 1.807) is 24.4 Å². The van der Waals surface area contributed by atoms with Crippen LogP contribution in [0, 0.1) is 25.2 Å². The number of para-hydroxylation sites is 1. The summed E-state index contributed by atoms with van der Waals surface area (Å²) in [6.45, 7) is 4.78. The minimum atomic E-state index is -0.195. The first kappa shape index (κ1) is 19.8. The Morgan fingerprint density at radius 3 is 2.72 bits per heavy atom. The lowest BCUT2D eigenvalue weighted by Gasteiger charge is -2.07.